The highest BCUT2D eigenvalue weighted by atomic mass is 35.5. The van der Waals surface area contributed by atoms with E-state index < -0.39 is 18.5 Å². The second-order valence-electron chi connectivity index (χ2n) is 5.73. The molecule has 6 nitrogen and oxygen atoms in total. The van der Waals surface area contributed by atoms with Crippen LogP contribution in [0.2, 0.25) is 10.0 Å². The molecule has 2 N–H and O–H groups in total. The van der Waals surface area contributed by atoms with Gasteiger partial charge in [0, 0.05) is 27.8 Å². The number of esters is 1. The SMILES string of the molecule is Cc1ccc(NC(=O)CCC(=O)OCC(=O)Nc2cccc(Cl)c2)cc1Cl. The van der Waals surface area contributed by atoms with Crippen LogP contribution in [0, 0.1) is 6.92 Å². The number of halogens is 2. The Hall–Kier alpha value is -2.57. The van der Waals surface area contributed by atoms with Crippen LogP contribution < -0.4 is 10.6 Å². The second-order valence-corrected chi connectivity index (χ2v) is 6.57. The summed E-state index contributed by atoms with van der Waals surface area (Å²) in [4.78, 5) is 35.3. The Kier molecular flexibility index (Phi) is 7.64. The lowest BCUT2D eigenvalue weighted by atomic mass is 10.2. The summed E-state index contributed by atoms with van der Waals surface area (Å²) in [5.74, 6) is -1.49. The molecule has 8 heteroatoms. The van der Waals surface area contributed by atoms with E-state index >= 15 is 0 Å². The van der Waals surface area contributed by atoms with Gasteiger partial charge in [-0.2, -0.15) is 0 Å². The molecule has 0 aliphatic rings. The maximum absolute atomic E-state index is 11.9. The molecule has 0 unspecified atom stereocenters. The summed E-state index contributed by atoms with van der Waals surface area (Å²) in [6, 6.07) is 11.7. The number of amides is 2. The minimum absolute atomic E-state index is 0.0692. The summed E-state index contributed by atoms with van der Waals surface area (Å²) < 4.78 is 4.86. The predicted octanol–water partition coefficient (Wildman–Crippen LogP) is 4.20. The molecule has 142 valence electrons. The van der Waals surface area contributed by atoms with Crippen LogP contribution in [0.25, 0.3) is 0 Å². The van der Waals surface area contributed by atoms with E-state index in [2.05, 4.69) is 10.6 Å². The average Bonchev–Trinajstić information content (AvgIpc) is 2.61. The molecular weight excluding hydrogens is 391 g/mol. The van der Waals surface area contributed by atoms with Crippen molar-refractivity contribution in [1.29, 1.82) is 0 Å². The highest BCUT2D eigenvalue weighted by molar-refractivity contribution is 6.31. The summed E-state index contributed by atoms with van der Waals surface area (Å²) in [5.41, 5.74) is 1.94. The van der Waals surface area contributed by atoms with Gasteiger partial charge in [0.1, 0.15) is 0 Å². The van der Waals surface area contributed by atoms with Crippen LogP contribution in [0.4, 0.5) is 11.4 Å². The summed E-state index contributed by atoms with van der Waals surface area (Å²) in [7, 11) is 0. The summed E-state index contributed by atoms with van der Waals surface area (Å²) in [6.07, 6.45) is -0.212. The molecular formula is C19H18Cl2N2O4. The molecule has 2 amide bonds. The number of anilines is 2. The van der Waals surface area contributed by atoms with Gasteiger partial charge in [0.15, 0.2) is 6.61 Å². The first-order valence-electron chi connectivity index (χ1n) is 8.10. The molecule has 0 bridgehead atoms. The Morgan fingerprint density at radius 2 is 1.63 bits per heavy atom. The Balaban J connectivity index is 1.69. The maximum Gasteiger partial charge on any atom is 0.306 e. The minimum Gasteiger partial charge on any atom is -0.456 e. The number of ether oxygens (including phenoxy) is 1. The molecule has 0 spiro atoms. The van der Waals surface area contributed by atoms with Crippen molar-refractivity contribution in [2.75, 3.05) is 17.2 Å². The van der Waals surface area contributed by atoms with Crippen LogP contribution in [0.1, 0.15) is 18.4 Å². The van der Waals surface area contributed by atoms with Gasteiger partial charge in [0.25, 0.3) is 5.91 Å². The van der Waals surface area contributed by atoms with E-state index in [1.54, 1.807) is 42.5 Å². The number of nitrogens with one attached hydrogen (secondary N) is 2. The molecule has 0 saturated heterocycles. The number of benzene rings is 2. The fourth-order valence-corrected chi connectivity index (χ4v) is 2.46. The molecule has 0 fully saturated rings. The first-order valence-corrected chi connectivity index (χ1v) is 8.86. The number of rotatable bonds is 7. The third-order valence-electron chi connectivity index (χ3n) is 3.48. The molecule has 2 rings (SSSR count). The lowest BCUT2D eigenvalue weighted by molar-refractivity contribution is -0.147. The number of carbonyl (C=O) groups excluding carboxylic acids is 3. The van der Waals surface area contributed by atoms with Gasteiger partial charge in [-0.3, -0.25) is 14.4 Å². The van der Waals surface area contributed by atoms with Crippen molar-refractivity contribution in [3.8, 4) is 0 Å². The van der Waals surface area contributed by atoms with Crippen LogP contribution in [-0.4, -0.2) is 24.4 Å². The van der Waals surface area contributed by atoms with Gasteiger partial charge in [0.05, 0.1) is 6.42 Å². The monoisotopic (exact) mass is 408 g/mol. The van der Waals surface area contributed by atoms with Crippen molar-refractivity contribution >= 4 is 52.4 Å². The van der Waals surface area contributed by atoms with Gasteiger partial charge in [-0.05, 0) is 42.8 Å². The van der Waals surface area contributed by atoms with Gasteiger partial charge in [-0.1, -0.05) is 35.3 Å². The first kappa shape index (κ1) is 20.7. The Morgan fingerprint density at radius 1 is 0.926 bits per heavy atom. The summed E-state index contributed by atoms with van der Waals surface area (Å²) in [6.45, 7) is 1.41. The number of hydrogen-bond acceptors (Lipinski definition) is 4. The molecule has 0 radical (unpaired) electrons. The van der Waals surface area contributed by atoms with Gasteiger partial charge in [-0.15, -0.1) is 0 Å². The van der Waals surface area contributed by atoms with Crippen molar-refractivity contribution < 1.29 is 19.1 Å². The Labute approximate surface area is 166 Å². The Bertz CT molecular complexity index is 855. The molecule has 0 aliphatic heterocycles. The second kappa shape index (κ2) is 9.94. The van der Waals surface area contributed by atoms with Gasteiger partial charge >= 0.3 is 5.97 Å². The predicted molar refractivity (Wildman–Crippen MR) is 105 cm³/mol. The average molecular weight is 409 g/mol. The van der Waals surface area contributed by atoms with E-state index in [0.717, 1.165) is 5.56 Å². The Morgan fingerprint density at radius 3 is 2.33 bits per heavy atom. The highest BCUT2D eigenvalue weighted by Crippen LogP contribution is 2.20. The number of aryl methyl sites for hydroxylation is 1. The van der Waals surface area contributed by atoms with E-state index in [-0.39, 0.29) is 18.7 Å². The molecule has 0 atom stereocenters. The van der Waals surface area contributed by atoms with E-state index in [1.165, 1.54) is 0 Å². The standard InChI is InChI=1S/C19H18Cl2N2O4/c1-12-5-6-15(10-16(12)21)22-17(24)7-8-19(26)27-11-18(25)23-14-4-2-3-13(20)9-14/h2-6,9-10H,7-8,11H2,1H3,(H,22,24)(H,23,25). The van der Waals surface area contributed by atoms with E-state index in [1.807, 2.05) is 6.92 Å². The zero-order valence-corrected chi connectivity index (χ0v) is 16.1. The molecule has 0 aromatic heterocycles. The van der Waals surface area contributed by atoms with E-state index in [4.69, 9.17) is 27.9 Å². The third kappa shape index (κ3) is 7.29. The van der Waals surface area contributed by atoms with Gasteiger partial charge in [-0.25, -0.2) is 0 Å². The fraction of sp³-hybridized carbons (Fsp3) is 0.211. The van der Waals surface area contributed by atoms with E-state index in [0.29, 0.717) is 21.4 Å². The maximum atomic E-state index is 11.9. The lowest BCUT2D eigenvalue weighted by Crippen LogP contribution is -2.21. The van der Waals surface area contributed by atoms with Gasteiger partial charge in [0.2, 0.25) is 5.91 Å². The lowest BCUT2D eigenvalue weighted by Gasteiger charge is -2.08. The number of hydrogen-bond donors (Lipinski definition) is 2. The van der Waals surface area contributed by atoms with Crippen molar-refractivity contribution in [1.82, 2.24) is 0 Å². The zero-order chi connectivity index (χ0) is 19.8. The summed E-state index contributed by atoms with van der Waals surface area (Å²) in [5, 5.41) is 6.22. The molecule has 2 aromatic rings. The van der Waals surface area contributed by atoms with Crippen LogP contribution in [0.5, 0.6) is 0 Å². The first-order chi connectivity index (χ1) is 12.8. The third-order valence-corrected chi connectivity index (χ3v) is 4.13. The van der Waals surface area contributed by atoms with Crippen molar-refractivity contribution in [3.63, 3.8) is 0 Å². The smallest absolute Gasteiger partial charge is 0.306 e. The van der Waals surface area contributed by atoms with Crippen molar-refractivity contribution in [2.45, 2.75) is 19.8 Å². The molecule has 2 aromatic carbocycles. The highest BCUT2D eigenvalue weighted by Gasteiger charge is 2.11. The van der Waals surface area contributed by atoms with Gasteiger partial charge < -0.3 is 15.4 Å². The summed E-state index contributed by atoms with van der Waals surface area (Å²) >= 11 is 11.8. The number of carbonyl (C=O) groups is 3. The van der Waals surface area contributed by atoms with Crippen molar-refractivity contribution in [2.24, 2.45) is 0 Å². The zero-order valence-electron chi connectivity index (χ0n) is 14.6. The molecule has 0 aliphatic carbocycles. The van der Waals surface area contributed by atoms with E-state index in [9.17, 15) is 14.4 Å². The topological polar surface area (TPSA) is 84.5 Å². The van der Waals surface area contributed by atoms with Crippen LogP contribution >= 0.6 is 23.2 Å². The molecule has 0 saturated carbocycles. The quantitative estimate of drug-likeness (QED) is 0.672. The van der Waals surface area contributed by atoms with Crippen LogP contribution in [0.15, 0.2) is 42.5 Å². The van der Waals surface area contributed by atoms with Crippen LogP contribution in [0.3, 0.4) is 0 Å². The molecule has 27 heavy (non-hydrogen) atoms. The minimum atomic E-state index is -0.645. The van der Waals surface area contributed by atoms with Crippen LogP contribution in [-0.2, 0) is 19.1 Å². The normalized spacial score (nSPS) is 10.2. The largest absolute Gasteiger partial charge is 0.456 e. The fourth-order valence-electron chi connectivity index (χ4n) is 2.09. The van der Waals surface area contributed by atoms with Crippen molar-refractivity contribution in [3.05, 3.63) is 58.1 Å². The molecule has 0 heterocycles.